The molecule has 214 valence electrons. The number of ether oxygens (including phenoxy) is 1. The minimum atomic E-state index is -0.447. The molecule has 0 radical (unpaired) electrons. The molecule has 0 saturated carbocycles. The first-order chi connectivity index (χ1) is 19.2. The van der Waals surface area contributed by atoms with Crippen molar-refractivity contribution >= 4 is 44.5 Å². The number of pyridine rings is 1. The van der Waals surface area contributed by atoms with Crippen molar-refractivity contribution in [3.05, 3.63) is 52.7 Å². The van der Waals surface area contributed by atoms with Crippen LogP contribution in [0.4, 0.5) is 10.6 Å². The second-order valence-corrected chi connectivity index (χ2v) is 12.8. The molecule has 3 aromatic heterocycles. The van der Waals surface area contributed by atoms with Crippen molar-refractivity contribution in [3.63, 3.8) is 0 Å². The highest BCUT2D eigenvalue weighted by molar-refractivity contribution is 7.18. The molecule has 9 heteroatoms. The molecular formula is C31H42N6O2S. The van der Waals surface area contributed by atoms with E-state index in [1.54, 1.807) is 11.3 Å². The number of nitrogens with one attached hydrogen (secondary N) is 1. The lowest BCUT2D eigenvalue weighted by Gasteiger charge is -2.33. The number of nitrogens with zero attached hydrogens (tertiary/aromatic N) is 4. The Labute approximate surface area is 240 Å². The van der Waals surface area contributed by atoms with E-state index in [9.17, 15) is 4.79 Å². The SMILES string of the molecule is CCCCc1nc2c(N)nc3ccsc3c2n1Cc1ccc(CNCC2CCN(C(=O)OC(C)(C)C)CC2)cc1. The van der Waals surface area contributed by atoms with E-state index in [0.29, 0.717) is 11.7 Å². The van der Waals surface area contributed by atoms with Gasteiger partial charge in [-0.05, 0) is 75.1 Å². The topological polar surface area (TPSA) is 98.3 Å². The van der Waals surface area contributed by atoms with E-state index in [4.69, 9.17) is 15.5 Å². The summed E-state index contributed by atoms with van der Waals surface area (Å²) in [5, 5.41) is 5.70. The molecule has 4 aromatic rings. The Morgan fingerprint density at radius 1 is 1.12 bits per heavy atom. The van der Waals surface area contributed by atoms with E-state index in [1.165, 1.54) is 11.1 Å². The quantitative estimate of drug-likeness (QED) is 0.246. The van der Waals surface area contributed by atoms with E-state index in [-0.39, 0.29) is 6.09 Å². The van der Waals surface area contributed by atoms with Crippen LogP contribution in [0.5, 0.6) is 0 Å². The summed E-state index contributed by atoms with van der Waals surface area (Å²) in [6.45, 7) is 12.0. The number of carbonyl (C=O) groups is 1. The summed E-state index contributed by atoms with van der Waals surface area (Å²) in [6.07, 6.45) is 4.95. The zero-order valence-electron chi connectivity index (χ0n) is 24.2. The Morgan fingerprint density at radius 3 is 2.55 bits per heavy atom. The second kappa shape index (κ2) is 12.1. The van der Waals surface area contributed by atoms with Crippen LogP contribution in [0, 0.1) is 5.92 Å². The van der Waals surface area contributed by atoms with Crippen LogP contribution in [0.1, 0.15) is 70.3 Å². The molecule has 1 saturated heterocycles. The van der Waals surface area contributed by atoms with Gasteiger partial charge in [-0.3, -0.25) is 0 Å². The van der Waals surface area contributed by atoms with Crippen LogP contribution in [0.25, 0.3) is 21.3 Å². The van der Waals surface area contributed by atoms with Crippen LogP contribution in [0.15, 0.2) is 35.7 Å². The molecular weight excluding hydrogens is 520 g/mol. The molecule has 0 unspecified atom stereocenters. The van der Waals surface area contributed by atoms with Gasteiger partial charge in [0.15, 0.2) is 5.82 Å². The van der Waals surface area contributed by atoms with E-state index in [2.05, 4.69) is 51.4 Å². The lowest BCUT2D eigenvalue weighted by atomic mass is 9.97. The van der Waals surface area contributed by atoms with Gasteiger partial charge >= 0.3 is 6.09 Å². The van der Waals surface area contributed by atoms with Crippen molar-refractivity contribution in [3.8, 4) is 0 Å². The number of nitrogen functional groups attached to an aromatic ring is 1. The third-order valence-corrected chi connectivity index (χ3v) is 8.45. The predicted molar refractivity (Wildman–Crippen MR) is 164 cm³/mol. The first-order valence-electron chi connectivity index (χ1n) is 14.5. The molecule has 5 rings (SSSR count). The molecule has 1 amide bonds. The Bertz CT molecular complexity index is 1440. The number of carbonyl (C=O) groups excluding carboxylic acids is 1. The number of imidazole rings is 1. The number of benzene rings is 1. The van der Waals surface area contributed by atoms with Crippen LogP contribution in [-0.2, 0) is 24.2 Å². The lowest BCUT2D eigenvalue weighted by molar-refractivity contribution is 0.0184. The third kappa shape index (κ3) is 6.58. The fraction of sp³-hybridized carbons (Fsp3) is 0.516. The summed E-state index contributed by atoms with van der Waals surface area (Å²) in [4.78, 5) is 23.7. The maximum absolute atomic E-state index is 12.3. The smallest absolute Gasteiger partial charge is 0.410 e. The standard InChI is InChI=1S/C31H42N6O2S/c1-5-6-7-25-35-26-27(28-24(14-17-40-28)34-29(26)32)37(25)20-23-10-8-21(9-11-23)18-33-19-22-12-15-36(16-13-22)30(38)39-31(2,3)4/h8-11,14,17,22,33H,5-7,12-13,15-16,18-20H2,1-4H3,(H2,32,34). The molecule has 3 N–H and O–H groups in total. The number of fused-ring (bicyclic) bond motifs is 3. The van der Waals surface area contributed by atoms with Crippen LogP contribution in [-0.4, -0.2) is 50.8 Å². The third-order valence-electron chi connectivity index (χ3n) is 7.54. The van der Waals surface area contributed by atoms with Crippen LogP contribution in [0.3, 0.4) is 0 Å². The molecule has 1 aliphatic heterocycles. The molecule has 0 bridgehead atoms. The van der Waals surface area contributed by atoms with Crippen LogP contribution >= 0.6 is 11.3 Å². The van der Waals surface area contributed by atoms with Gasteiger partial charge in [0.25, 0.3) is 0 Å². The Balaban J connectivity index is 1.19. The minimum Gasteiger partial charge on any atom is -0.444 e. The maximum Gasteiger partial charge on any atom is 0.410 e. The van der Waals surface area contributed by atoms with Crippen molar-refractivity contribution in [2.75, 3.05) is 25.4 Å². The van der Waals surface area contributed by atoms with Crippen LogP contribution < -0.4 is 11.1 Å². The molecule has 8 nitrogen and oxygen atoms in total. The van der Waals surface area contributed by atoms with Crippen molar-refractivity contribution in [2.24, 2.45) is 5.92 Å². The Kier molecular flexibility index (Phi) is 8.61. The number of likely N-dealkylation sites (tertiary alicyclic amines) is 1. The zero-order valence-corrected chi connectivity index (χ0v) is 25.0. The van der Waals surface area contributed by atoms with E-state index >= 15 is 0 Å². The number of hydrogen-bond acceptors (Lipinski definition) is 7. The van der Waals surface area contributed by atoms with Crippen molar-refractivity contribution in [1.82, 2.24) is 24.8 Å². The van der Waals surface area contributed by atoms with Gasteiger partial charge in [0.2, 0.25) is 0 Å². The van der Waals surface area contributed by atoms with Gasteiger partial charge in [0.05, 0.1) is 15.7 Å². The van der Waals surface area contributed by atoms with Crippen LogP contribution in [0.2, 0.25) is 0 Å². The number of piperidine rings is 1. The molecule has 1 aliphatic rings. The molecule has 0 atom stereocenters. The fourth-order valence-corrected chi connectivity index (χ4v) is 6.25. The minimum absolute atomic E-state index is 0.194. The molecule has 4 heterocycles. The molecule has 1 aromatic carbocycles. The van der Waals surface area contributed by atoms with Gasteiger partial charge in [0.1, 0.15) is 16.9 Å². The summed E-state index contributed by atoms with van der Waals surface area (Å²) >= 11 is 1.70. The number of nitrogens with two attached hydrogens (primary N) is 1. The van der Waals surface area contributed by atoms with Gasteiger partial charge in [-0.2, -0.15) is 0 Å². The summed E-state index contributed by atoms with van der Waals surface area (Å²) < 4.78 is 9.01. The molecule has 1 fully saturated rings. The highest BCUT2D eigenvalue weighted by atomic mass is 32.1. The summed E-state index contributed by atoms with van der Waals surface area (Å²) in [7, 11) is 0. The van der Waals surface area contributed by atoms with Gasteiger partial charge in [-0.15, -0.1) is 11.3 Å². The number of thiophene rings is 1. The zero-order chi connectivity index (χ0) is 28.3. The molecule has 0 spiro atoms. The highest BCUT2D eigenvalue weighted by Crippen LogP contribution is 2.33. The van der Waals surface area contributed by atoms with E-state index in [1.807, 2.05) is 31.7 Å². The van der Waals surface area contributed by atoms with E-state index < -0.39 is 5.60 Å². The normalized spacial score (nSPS) is 14.8. The average Bonchev–Trinajstić information content (AvgIpc) is 3.52. The number of aromatic nitrogens is 3. The van der Waals surface area contributed by atoms with Gasteiger partial charge in [0, 0.05) is 32.6 Å². The fourth-order valence-electron chi connectivity index (χ4n) is 5.37. The van der Waals surface area contributed by atoms with E-state index in [0.717, 1.165) is 91.9 Å². The van der Waals surface area contributed by atoms with Crippen molar-refractivity contribution < 1.29 is 9.53 Å². The maximum atomic E-state index is 12.3. The number of unbranched alkanes of at least 4 members (excludes halogenated alkanes) is 1. The average molecular weight is 563 g/mol. The second-order valence-electron chi connectivity index (χ2n) is 11.9. The van der Waals surface area contributed by atoms with Gasteiger partial charge in [-0.1, -0.05) is 37.6 Å². The Morgan fingerprint density at radius 2 is 1.85 bits per heavy atom. The monoisotopic (exact) mass is 562 g/mol. The van der Waals surface area contributed by atoms with Gasteiger partial charge < -0.3 is 25.3 Å². The summed E-state index contributed by atoms with van der Waals surface area (Å²) in [5.74, 6) is 2.16. The number of amides is 1. The largest absolute Gasteiger partial charge is 0.444 e. The van der Waals surface area contributed by atoms with Crippen molar-refractivity contribution in [2.45, 2.75) is 78.5 Å². The Hall–Kier alpha value is -3.17. The molecule has 40 heavy (non-hydrogen) atoms. The first-order valence-corrected chi connectivity index (χ1v) is 15.4. The lowest BCUT2D eigenvalue weighted by Crippen LogP contribution is -2.43. The number of hydrogen-bond donors (Lipinski definition) is 2. The first kappa shape index (κ1) is 28.4. The number of aryl methyl sites for hydroxylation is 1. The highest BCUT2D eigenvalue weighted by Gasteiger charge is 2.26. The number of anilines is 1. The predicted octanol–water partition coefficient (Wildman–Crippen LogP) is 6.36. The number of rotatable bonds is 9. The summed E-state index contributed by atoms with van der Waals surface area (Å²) in [5.41, 5.74) is 11.3. The van der Waals surface area contributed by atoms with Crippen molar-refractivity contribution in [1.29, 1.82) is 0 Å². The van der Waals surface area contributed by atoms with Gasteiger partial charge in [-0.25, -0.2) is 14.8 Å². The molecule has 0 aliphatic carbocycles. The summed E-state index contributed by atoms with van der Waals surface area (Å²) in [6, 6.07) is 10.9.